The van der Waals surface area contributed by atoms with E-state index in [1.807, 2.05) is 0 Å². The third kappa shape index (κ3) is 2.18. The van der Waals surface area contributed by atoms with Crippen LogP contribution in [0.1, 0.15) is 11.1 Å². The molecule has 0 fully saturated rings. The zero-order chi connectivity index (χ0) is 10.7. The second-order valence-corrected chi connectivity index (χ2v) is 4.07. The molecule has 80 valence electrons. The van der Waals surface area contributed by atoms with E-state index in [4.69, 9.17) is 0 Å². The van der Waals surface area contributed by atoms with Crippen LogP contribution in [0.2, 0.25) is 0 Å². The summed E-state index contributed by atoms with van der Waals surface area (Å²) in [4.78, 5) is 12.6. The molecule has 15 heavy (non-hydrogen) atoms. The van der Waals surface area contributed by atoms with E-state index >= 15 is 0 Å². The van der Waals surface area contributed by atoms with Crippen molar-refractivity contribution in [3.8, 4) is 0 Å². The Morgan fingerprint density at radius 3 is 2.93 bits per heavy atom. The van der Waals surface area contributed by atoms with Crippen molar-refractivity contribution in [3.05, 3.63) is 35.4 Å². The predicted octanol–water partition coefficient (Wildman–Crippen LogP) is 0.789. The number of benzene rings is 1. The minimum Gasteiger partial charge on any atom is -0.357 e. The molecule has 3 heteroatoms. The van der Waals surface area contributed by atoms with E-state index in [0.29, 0.717) is 6.04 Å². The maximum Gasteiger partial charge on any atom is 0.207 e. The van der Waals surface area contributed by atoms with Crippen molar-refractivity contribution < 1.29 is 4.79 Å². The monoisotopic (exact) mass is 204 g/mol. The molecule has 0 aliphatic carbocycles. The van der Waals surface area contributed by atoms with E-state index in [9.17, 15) is 4.79 Å². The zero-order valence-corrected chi connectivity index (χ0v) is 8.94. The average molecular weight is 204 g/mol. The first-order chi connectivity index (χ1) is 7.31. The smallest absolute Gasteiger partial charge is 0.207 e. The highest BCUT2D eigenvalue weighted by Crippen LogP contribution is 2.21. The number of hydrogen-bond acceptors (Lipinski definition) is 2. The van der Waals surface area contributed by atoms with Crippen LogP contribution >= 0.6 is 0 Å². The van der Waals surface area contributed by atoms with Gasteiger partial charge in [0, 0.05) is 19.1 Å². The number of nitrogens with one attached hydrogen (secondary N) is 1. The van der Waals surface area contributed by atoms with Crippen molar-refractivity contribution in [2.45, 2.75) is 19.0 Å². The number of fused-ring (bicyclic) bond motifs is 1. The number of nitrogens with zero attached hydrogens (tertiary/aromatic N) is 1. The van der Waals surface area contributed by atoms with Gasteiger partial charge in [0.2, 0.25) is 6.41 Å². The molecule has 1 amide bonds. The minimum atomic E-state index is 0.421. The summed E-state index contributed by atoms with van der Waals surface area (Å²) in [7, 11) is 2.10. The van der Waals surface area contributed by atoms with E-state index in [1.54, 1.807) is 0 Å². The van der Waals surface area contributed by atoms with Gasteiger partial charge >= 0.3 is 0 Å². The highest BCUT2D eigenvalue weighted by molar-refractivity contribution is 5.46. The quantitative estimate of drug-likeness (QED) is 0.738. The first-order valence-corrected chi connectivity index (χ1v) is 5.25. The van der Waals surface area contributed by atoms with Crippen molar-refractivity contribution >= 4 is 6.41 Å². The van der Waals surface area contributed by atoms with Crippen LogP contribution in [0.25, 0.3) is 0 Å². The first-order valence-electron chi connectivity index (χ1n) is 5.25. The summed E-state index contributed by atoms with van der Waals surface area (Å²) in [6.45, 7) is 1.70. The molecular formula is C12H16N2O. The van der Waals surface area contributed by atoms with Crippen LogP contribution in [-0.2, 0) is 17.8 Å². The Bertz CT molecular complexity index is 351. The Labute approximate surface area is 90.1 Å². The summed E-state index contributed by atoms with van der Waals surface area (Å²) in [6, 6.07) is 8.93. The highest BCUT2D eigenvalue weighted by atomic mass is 16.1. The second kappa shape index (κ2) is 4.45. The molecule has 1 aliphatic rings. The van der Waals surface area contributed by atoms with E-state index in [0.717, 1.165) is 25.9 Å². The van der Waals surface area contributed by atoms with Crippen molar-refractivity contribution in [1.29, 1.82) is 0 Å². The van der Waals surface area contributed by atoms with Gasteiger partial charge in [0.25, 0.3) is 0 Å². The van der Waals surface area contributed by atoms with Crippen LogP contribution in [0.3, 0.4) is 0 Å². The summed E-state index contributed by atoms with van der Waals surface area (Å²) in [6.07, 6.45) is 1.79. The molecule has 1 unspecified atom stereocenters. The van der Waals surface area contributed by atoms with Crippen LogP contribution < -0.4 is 5.32 Å². The Hall–Kier alpha value is -1.35. The fraction of sp³-hybridized carbons (Fsp3) is 0.417. The number of carbonyl (C=O) groups is 1. The van der Waals surface area contributed by atoms with E-state index < -0.39 is 0 Å². The van der Waals surface area contributed by atoms with Crippen molar-refractivity contribution in [3.63, 3.8) is 0 Å². The fourth-order valence-corrected chi connectivity index (χ4v) is 2.13. The summed E-state index contributed by atoms with van der Waals surface area (Å²) in [5.74, 6) is 0. The Kier molecular flexibility index (Phi) is 3.02. The van der Waals surface area contributed by atoms with Crippen molar-refractivity contribution in [1.82, 2.24) is 10.2 Å². The highest BCUT2D eigenvalue weighted by Gasteiger charge is 2.22. The lowest BCUT2D eigenvalue weighted by Gasteiger charge is -2.33. The molecule has 0 saturated carbocycles. The van der Waals surface area contributed by atoms with E-state index in [2.05, 4.69) is 41.5 Å². The predicted molar refractivity (Wildman–Crippen MR) is 59.5 cm³/mol. The third-order valence-electron chi connectivity index (χ3n) is 3.05. The van der Waals surface area contributed by atoms with Crippen molar-refractivity contribution in [2.75, 3.05) is 13.6 Å². The minimum absolute atomic E-state index is 0.421. The van der Waals surface area contributed by atoms with Gasteiger partial charge in [-0.1, -0.05) is 24.3 Å². The number of rotatable bonds is 3. The summed E-state index contributed by atoms with van der Waals surface area (Å²) < 4.78 is 0. The number of amides is 1. The summed E-state index contributed by atoms with van der Waals surface area (Å²) in [5, 5.41) is 2.76. The number of carbonyl (C=O) groups excluding carboxylic acids is 1. The van der Waals surface area contributed by atoms with Gasteiger partial charge in [0.1, 0.15) is 0 Å². The molecule has 3 nitrogen and oxygen atoms in total. The normalized spacial score (nSPS) is 20.7. The maximum absolute atomic E-state index is 10.3. The van der Waals surface area contributed by atoms with Gasteiger partial charge in [0.05, 0.1) is 0 Å². The molecule has 0 bridgehead atoms. The lowest BCUT2D eigenvalue weighted by molar-refractivity contribution is -0.109. The van der Waals surface area contributed by atoms with E-state index in [1.165, 1.54) is 11.1 Å². The van der Waals surface area contributed by atoms with Gasteiger partial charge in [0.15, 0.2) is 0 Å². The molecule has 1 N–H and O–H groups in total. The molecule has 2 rings (SSSR count). The van der Waals surface area contributed by atoms with Gasteiger partial charge < -0.3 is 5.32 Å². The molecule has 1 aromatic rings. The lowest BCUT2D eigenvalue weighted by atomic mass is 9.94. The van der Waals surface area contributed by atoms with Crippen LogP contribution in [-0.4, -0.2) is 30.9 Å². The lowest BCUT2D eigenvalue weighted by Crippen LogP contribution is -2.43. The SMILES string of the molecule is CN1Cc2ccccc2CC1CNC=O. The number of hydrogen-bond donors (Lipinski definition) is 1. The van der Waals surface area contributed by atoms with Crippen molar-refractivity contribution in [2.24, 2.45) is 0 Å². The molecule has 1 aliphatic heterocycles. The second-order valence-electron chi connectivity index (χ2n) is 4.07. The molecular weight excluding hydrogens is 188 g/mol. The molecule has 1 heterocycles. The van der Waals surface area contributed by atoms with E-state index in [-0.39, 0.29) is 0 Å². The molecule has 0 aromatic heterocycles. The van der Waals surface area contributed by atoms with Gasteiger partial charge in [-0.3, -0.25) is 9.69 Å². The summed E-state index contributed by atoms with van der Waals surface area (Å²) >= 11 is 0. The van der Waals surface area contributed by atoms with Crippen LogP contribution in [0.5, 0.6) is 0 Å². The largest absolute Gasteiger partial charge is 0.357 e. The molecule has 1 aromatic carbocycles. The Balaban J connectivity index is 2.11. The standard InChI is InChI=1S/C12H16N2O/c1-14-8-11-5-3-2-4-10(11)6-12(14)7-13-9-15/h2-5,9,12H,6-8H2,1H3,(H,13,15). The third-order valence-corrected chi connectivity index (χ3v) is 3.05. The summed E-state index contributed by atoms with van der Waals surface area (Å²) in [5.41, 5.74) is 2.82. The first kappa shape index (κ1) is 10.2. The zero-order valence-electron chi connectivity index (χ0n) is 8.94. The topological polar surface area (TPSA) is 32.3 Å². The van der Waals surface area contributed by atoms with Gasteiger partial charge in [-0.25, -0.2) is 0 Å². The van der Waals surface area contributed by atoms with Gasteiger partial charge in [-0.15, -0.1) is 0 Å². The van der Waals surface area contributed by atoms with Crippen LogP contribution in [0, 0.1) is 0 Å². The van der Waals surface area contributed by atoms with Gasteiger partial charge in [-0.2, -0.15) is 0 Å². The Morgan fingerprint density at radius 2 is 2.20 bits per heavy atom. The fourth-order valence-electron chi connectivity index (χ4n) is 2.13. The number of likely N-dealkylation sites (N-methyl/N-ethyl adjacent to an activating group) is 1. The molecule has 0 spiro atoms. The van der Waals surface area contributed by atoms with Crippen LogP contribution in [0.15, 0.2) is 24.3 Å². The maximum atomic E-state index is 10.3. The Morgan fingerprint density at radius 1 is 1.47 bits per heavy atom. The molecule has 0 saturated heterocycles. The average Bonchev–Trinajstić information content (AvgIpc) is 2.26. The molecule has 0 radical (unpaired) electrons. The van der Waals surface area contributed by atoms with Crippen LogP contribution in [0.4, 0.5) is 0 Å². The molecule has 1 atom stereocenters. The van der Waals surface area contributed by atoms with Gasteiger partial charge in [-0.05, 0) is 24.6 Å².